The topological polar surface area (TPSA) is 46.6 Å². The molecule has 1 heterocycles. The van der Waals surface area contributed by atoms with Crippen molar-refractivity contribution in [3.8, 4) is 5.75 Å². The van der Waals surface area contributed by atoms with Gasteiger partial charge in [-0.3, -0.25) is 9.59 Å². The number of hydrogen-bond acceptors (Lipinski definition) is 3. The van der Waals surface area contributed by atoms with Crippen molar-refractivity contribution in [2.75, 3.05) is 4.90 Å². The maximum atomic E-state index is 14.4. The smallest absolute Gasteiger partial charge is 0.237 e. The second-order valence-corrected chi connectivity index (χ2v) is 6.82. The lowest BCUT2D eigenvalue weighted by Crippen LogP contribution is -2.31. The van der Waals surface area contributed by atoms with Gasteiger partial charge in [-0.2, -0.15) is 0 Å². The summed E-state index contributed by atoms with van der Waals surface area (Å²) in [5.41, 5.74) is -0.0607. The Kier molecular flexibility index (Phi) is 4.32. The number of anilines is 1. The van der Waals surface area contributed by atoms with E-state index in [-0.39, 0.29) is 46.2 Å². The van der Waals surface area contributed by atoms with Crippen molar-refractivity contribution in [2.24, 2.45) is 11.8 Å². The molecule has 1 saturated heterocycles. The molecule has 124 valence electrons. The van der Waals surface area contributed by atoms with Gasteiger partial charge in [0.25, 0.3) is 0 Å². The molecule has 0 radical (unpaired) electrons. The first kappa shape index (κ1) is 16.2. The Morgan fingerprint density at radius 2 is 1.74 bits per heavy atom. The molecule has 2 unspecified atom stereocenters. The van der Waals surface area contributed by atoms with E-state index >= 15 is 0 Å². The number of fused-ring (bicyclic) bond motifs is 1. The van der Waals surface area contributed by atoms with Crippen LogP contribution in [0.2, 0.25) is 5.02 Å². The molecule has 2 amide bonds. The van der Waals surface area contributed by atoms with Gasteiger partial charge in [0.2, 0.25) is 11.8 Å². The molecule has 1 saturated carbocycles. The molecule has 0 N–H and O–H groups in total. The Bertz CT molecular complexity index is 637. The van der Waals surface area contributed by atoms with Gasteiger partial charge in [0.05, 0.1) is 28.6 Å². The first-order valence-electron chi connectivity index (χ1n) is 7.93. The highest BCUT2D eigenvalue weighted by atomic mass is 35.5. The predicted molar refractivity (Wildman–Crippen MR) is 85.1 cm³/mol. The quantitative estimate of drug-likeness (QED) is 0.783. The van der Waals surface area contributed by atoms with E-state index in [2.05, 4.69) is 0 Å². The van der Waals surface area contributed by atoms with Gasteiger partial charge < -0.3 is 4.74 Å². The molecule has 4 nitrogen and oxygen atoms in total. The van der Waals surface area contributed by atoms with E-state index in [9.17, 15) is 14.0 Å². The van der Waals surface area contributed by atoms with E-state index in [4.69, 9.17) is 16.3 Å². The van der Waals surface area contributed by atoms with Gasteiger partial charge in [0.1, 0.15) is 11.6 Å². The zero-order valence-electron chi connectivity index (χ0n) is 13.1. The van der Waals surface area contributed by atoms with Gasteiger partial charge in [0.15, 0.2) is 0 Å². The Labute approximate surface area is 139 Å². The monoisotopic (exact) mass is 339 g/mol. The number of carbonyl (C=O) groups excluding carboxylic acids is 2. The molecular weight excluding hydrogens is 321 g/mol. The summed E-state index contributed by atoms with van der Waals surface area (Å²) in [4.78, 5) is 26.2. The molecule has 2 atom stereocenters. The van der Waals surface area contributed by atoms with E-state index in [1.807, 2.05) is 13.8 Å². The third-order valence-corrected chi connectivity index (χ3v) is 4.74. The maximum absolute atomic E-state index is 14.4. The van der Waals surface area contributed by atoms with Gasteiger partial charge in [0, 0.05) is 6.07 Å². The minimum atomic E-state index is -0.688. The van der Waals surface area contributed by atoms with Gasteiger partial charge in [-0.1, -0.05) is 24.4 Å². The number of benzene rings is 1. The van der Waals surface area contributed by atoms with Crippen molar-refractivity contribution >= 4 is 29.1 Å². The van der Waals surface area contributed by atoms with Gasteiger partial charge in [-0.25, -0.2) is 9.29 Å². The van der Waals surface area contributed by atoms with Crippen LogP contribution in [0.5, 0.6) is 5.75 Å². The van der Waals surface area contributed by atoms with Crippen molar-refractivity contribution in [3.05, 3.63) is 23.0 Å². The average molecular weight is 340 g/mol. The van der Waals surface area contributed by atoms with Crippen LogP contribution in [0.3, 0.4) is 0 Å². The van der Waals surface area contributed by atoms with E-state index in [1.165, 1.54) is 6.07 Å². The Morgan fingerprint density at radius 1 is 1.17 bits per heavy atom. The zero-order chi connectivity index (χ0) is 16.7. The zero-order valence-corrected chi connectivity index (χ0v) is 13.9. The minimum Gasteiger partial charge on any atom is -0.489 e. The average Bonchev–Trinajstić information content (AvgIpc) is 2.74. The number of ether oxygens (including phenoxy) is 1. The van der Waals surface area contributed by atoms with Crippen molar-refractivity contribution < 1.29 is 18.7 Å². The second-order valence-electron chi connectivity index (χ2n) is 6.41. The van der Waals surface area contributed by atoms with Gasteiger partial charge in [-0.15, -0.1) is 0 Å². The fraction of sp³-hybridized carbons (Fsp3) is 0.529. The predicted octanol–water partition coefficient (Wildman–Crippen LogP) is 3.95. The van der Waals surface area contributed by atoms with Crippen LogP contribution in [0.25, 0.3) is 0 Å². The highest BCUT2D eigenvalue weighted by Crippen LogP contribution is 2.42. The highest BCUT2D eigenvalue weighted by Gasteiger charge is 2.49. The van der Waals surface area contributed by atoms with Crippen LogP contribution in [0, 0.1) is 17.7 Å². The SMILES string of the molecule is CC(C)Oc1cc(N2C(=O)C3CCCCC3C2=O)c(F)cc1Cl. The van der Waals surface area contributed by atoms with Crippen molar-refractivity contribution in [2.45, 2.75) is 45.6 Å². The van der Waals surface area contributed by atoms with Crippen LogP contribution in [0.15, 0.2) is 12.1 Å². The first-order valence-corrected chi connectivity index (χ1v) is 8.31. The van der Waals surface area contributed by atoms with Crippen LogP contribution >= 0.6 is 11.6 Å². The number of amides is 2. The lowest BCUT2D eigenvalue weighted by molar-refractivity contribution is -0.122. The van der Waals surface area contributed by atoms with E-state index in [0.29, 0.717) is 12.8 Å². The third-order valence-electron chi connectivity index (χ3n) is 4.45. The van der Waals surface area contributed by atoms with E-state index < -0.39 is 5.82 Å². The normalized spacial score (nSPS) is 24.3. The number of hydrogen-bond donors (Lipinski definition) is 0. The molecule has 0 aromatic heterocycles. The molecule has 0 bridgehead atoms. The largest absolute Gasteiger partial charge is 0.489 e. The number of rotatable bonds is 3. The van der Waals surface area contributed by atoms with Gasteiger partial charge >= 0.3 is 0 Å². The van der Waals surface area contributed by atoms with E-state index in [1.54, 1.807) is 0 Å². The summed E-state index contributed by atoms with van der Waals surface area (Å²) in [6, 6.07) is 2.45. The second kappa shape index (κ2) is 6.11. The molecule has 6 heteroatoms. The van der Waals surface area contributed by atoms with Crippen molar-refractivity contribution in [1.29, 1.82) is 0 Å². The summed E-state index contributed by atoms with van der Waals surface area (Å²) in [5.74, 6) is -1.67. The molecule has 0 spiro atoms. The van der Waals surface area contributed by atoms with Crippen LogP contribution in [0.4, 0.5) is 10.1 Å². The number of carbonyl (C=O) groups is 2. The fourth-order valence-electron chi connectivity index (χ4n) is 3.43. The molecule has 2 fully saturated rings. The van der Waals surface area contributed by atoms with Crippen molar-refractivity contribution in [3.63, 3.8) is 0 Å². The summed E-state index contributed by atoms with van der Waals surface area (Å²) < 4.78 is 19.9. The molecule has 1 aliphatic carbocycles. The van der Waals surface area contributed by atoms with Crippen LogP contribution in [0.1, 0.15) is 39.5 Å². The summed E-state index contributed by atoms with van der Waals surface area (Å²) in [5, 5.41) is 0.122. The number of nitrogens with zero attached hydrogens (tertiary/aromatic N) is 1. The minimum absolute atomic E-state index is 0.0607. The molecule has 2 aliphatic rings. The van der Waals surface area contributed by atoms with Crippen LogP contribution in [-0.4, -0.2) is 17.9 Å². The number of halogens is 2. The fourth-order valence-corrected chi connectivity index (χ4v) is 3.63. The summed E-state index contributed by atoms with van der Waals surface area (Å²) in [6.45, 7) is 3.64. The first-order chi connectivity index (χ1) is 10.9. The van der Waals surface area contributed by atoms with Crippen LogP contribution in [-0.2, 0) is 9.59 Å². The Morgan fingerprint density at radius 3 is 2.26 bits per heavy atom. The summed E-state index contributed by atoms with van der Waals surface area (Å²) in [7, 11) is 0. The maximum Gasteiger partial charge on any atom is 0.237 e. The lowest BCUT2D eigenvalue weighted by atomic mass is 9.81. The molecule has 1 aliphatic heterocycles. The van der Waals surface area contributed by atoms with Crippen molar-refractivity contribution in [1.82, 2.24) is 0 Å². The number of imide groups is 1. The molecule has 1 aromatic rings. The molecule has 1 aromatic carbocycles. The standard InChI is InChI=1S/C17H19ClFNO3/c1-9(2)23-15-8-14(13(19)7-12(15)18)20-16(21)10-5-3-4-6-11(10)17(20)22/h7-11H,3-6H2,1-2H3. The molecule has 23 heavy (non-hydrogen) atoms. The highest BCUT2D eigenvalue weighted by molar-refractivity contribution is 6.32. The van der Waals surface area contributed by atoms with E-state index in [0.717, 1.165) is 23.8 Å². The third kappa shape index (κ3) is 2.82. The summed E-state index contributed by atoms with van der Waals surface area (Å²) in [6.07, 6.45) is 3.09. The Hall–Kier alpha value is -1.62. The summed E-state index contributed by atoms with van der Waals surface area (Å²) >= 11 is 5.99. The Balaban J connectivity index is 2.00. The molecule has 3 rings (SSSR count). The molecular formula is C17H19ClFNO3. The van der Waals surface area contributed by atoms with Gasteiger partial charge in [-0.05, 0) is 32.8 Å². The van der Waals surface area contributed by atoms with Crippen LogP contribution < -0.4 is 9.64 Å². The lowest BCUT2D eigenvalue weighted by Gasteiger charge is -2.19.